The van der Waals surface area contributed by atoms with Gasteiger partial charge in [-0.15, -0.1) is 0 Å². The molecule has 1 fully saturated rings. The van der Waals surface area contributed by atoms with Crippen LogP contribution in [0.2, 0.25) is 0 Å². The highest BCUT2D eigenvalue weighted by molar-refractivity contribution is 6.04. The first-order chi connectivity index (χ1) is 17.4. The number of rotatable bonds is 7. The van der Waals surface area contributed by atoms with Crippen LogP contribution in [0.25, 0.3) is 0 Å². The maximum atomic E-state index is 12.3. The van der Waals surface area contributed by atoms with Crippen LogP contribution in [-0.2, 0) is 26.2 Å². The molecule has 8 nitrogen and oxygen atoms in total. The smallest absolute Gasteiger partial charge is 0.412 e. The maximum absolute atomic E-state index is 12.3. The zero-order chi connectivity index (χ0) is 25.5. The molecule has 1 atom stereocenters. The fourth-order valence-corrected chi connectivity index (χ4v) is 4.90. The number of likely N-dealkylation sites (N-methyl/N-ethyl adjacent to an activating group) is 1. The highest BCUT2D eigenvalue weighted by atomic mass is 16.5. The van der Waals surface area contributed by atoms with Crippen LogP contribution >= 0.6 is 0 Å². The topological polar surface area (TPSA) is 104 Å². The van der Waals surface area contributed by atoms with E-state index >= 15 is 0 Å². The summed E-state index contributed by atoms with van der Waals surface area (Å²) >= 11 is 0. The Morgan fingerprint density at radius 1 is 1.06 bits per heavy atom. The van der Waals surface area contributed by atoms with Crippen LogP contribution in [0.3, 0.4) is 0 Å². The van der Waals surface area contributed by atoms with E-state index in [0.29, 0.717) is 24.9 Å². The molecule has 1 saturated carbocycles. The molecule has 0 bridgehead atoms. The molecule has 0 aromatic heterocycles. The van der Waals surface area contributed by atoms with E-state index in [1.807, 2.05) is 30.4 Å². The summed E-state index contributed by atoms with van der Waals surface area (Å²) in [5.41, 5.74) is 3.12. The molecule has 2 aliphatic rings. The van der Waals surface area contributed by atoms with Crippen LogP contribution in [0.15, 0.2) is 53.5 Å². The second kappa shape index (κ2) is 11.4. The third-order valence-corrected chi connectivity index (χ3v) is 6.92. The Hall–Kier alpha value is -3.68. The van der Waals surface area contributed by atoms with Crippen molar-refractivity contribution in [2.45, 2.75) is 56.6 Å². The van der Waals surface area contributed by atoms with E-state index in [2.05, 4.69) is 34.3 Å². The fraction of sp³-hybridized carbons (Fsp3) is 0.429. The van der Waals surface area contributed by atoms with Crippen molar-refractivity contribution in [1.29, 1.82) is 5.41 Å². The van der Waals surface area contributed by atoms with Gasteiger partial charge in [-0.3, -0.25) is 20.5 Å². The van der Waals surface area contributed by atoms with E-state index in [-0.39, 0.29) is 17.9 Å². The number of amides is 1. The van der Waals surface area contributed by atoms with Gasteiger partial charge in [0, 0.05) is 19.0 Å². The maximum Gasteiger partial charge on any atom is 0.412 e. The minimum atomic E-state index is -0.676. The van der Waals surface area contributed by atoms with Crippen LogP contribution < -0.4 is 5.32 Å². The van der Waals surface area contributed by atoms with Crippen molar-refractivity contribution in [3.63, 3.8) is 0 Å². The summed E-state index contributed by atoms with van der Waals surface area (Å²) in [6.45, 7) is 0.678. The summed E-state index contributed by atoms with van der Waals surface area (Å²) in [4.78, 5) is 30.6. The van der Waals surface area contributed by atoms with Gasteiger partial charge in [0.05, 0.1) is 20.0 Å². The van der Waals surface area contributed by atoms with Gasteiger partial charge in [-0.1, -0.05) is 55.0 Å². The monoisotopic (exact) mass is 490 g/mol. The van der Waals surface area contributed by atoms with Crippen LogP contribution in [-0.4, -0.2) is 55.9 Å². The normalized spacial score (nSPS) is 19.7. The molecule has 36 heavy (non-hydrogen) atoms. The largest absolute Gasteiger partial charge is 0.462 e. The Bertz CT molecular complexity index is 1110. The number of amidine groups is 1. The SMILES string of the molecule is COC(=O)NC(=N)c1ccc(C2(c3ccc(CCC(=O)OC4CCCCC4)cc3)CN(C)C=N2)cc1. The van der Waals surface area contributed by atoms with Gasteiger partial charge in [0.25, 0.3) is 0 Å². The number of carbonyl (C=O) groups is 2. The minimum Gasteiger partial charge on any atom is -0.462 e. The number of methoxy groups -OCH3 is 1. The number of nitrogens with zero attached hydrogens (tertiary/aromatic N) is 2. The lowest BCUT2D eigenvalue weighted by Gasteiger charge is -2.29. The van der Waals surface area contributed by atoms with E-state index in [1.54, 1.807) is 12.1 Å². The molecule has 190 valence electrons. The van der Waals surface area contributed by atoms with Crippen LogP contribution in [0.5, 0.6) is 0 Å². The first-order valence-electron chi connectivity index (χ1n) is 12.5. The van der Waals surface area contributed by atoms with Gasteiger partial charge in [0.1, 0.15) is 17.5 Å². The predicted octanol–water partition coefficient (Wildman–Crippen LogP) is 4.39. The molecule has 2 aromatic rings. The lowest BCUT2D eigenvalue weighted by Crippen LogP contribution is -2.32. The number of carbonyl (C=O) groups excluding carboxylic acids is 2. The van der Waals surface area contributed by atoms with E-state index < -0.39 is 11.6 Å². The lowest BCUT2D eigenvalue weighted by atomic mass is 9.82. The molecule has 1 aliphatic heterocycles. The molecular weight excluding hydrogens is 456 g/mol. The van der Waals surface area contributed by atoms with Crippen molar-refractivity contribution in [2.75, 3.05) is 20.7 Å². The van der Waals surface area contributed by atoms with Crippen molar-refractivity contribution in [1.82, 2.24) is 10.2 Å². The van der Waals surface area contributed by atoms with Crippen molar-refractivity contribution in [3.8, 4) is 0 Å². The molecule has 4 rings (SSSR count). The summed E-state index contributed by atoms with van der Waals surface area (Å²) in [7, 11) is 3.25. The second-order valence-electron chi connectivity index (χ2n) is 9.54. The number of hydrogen-bond donors (Lipinski definition) is 2. The number of alkyl carbamates (subject to hydrolysis) is 1. The van der Waals surface area contributed by atoms with E-state index in [4.69, 9.17) is 15.1 Å². The van der Waals surface area contributed by atoms with Gasteiger partial charge in [-0.05, 0) is 48.8 Å². The van der Waals surface area contributed by atoms with E-state index in [9.17, 15) is 9.59 Å². The van der Waals surface area contributed by atoms with Gasteiger partial charge in [0.2, 0.25) is 0 Å². The zero-order valence-electron chi connectivity index (χ0n) is 21.0. The Labute approximate surface area is 212 Å². The number of benzene rings is 2. The van der Waals surface area contributed by atoms with Crippen LogP contribution in [0.4, 0.5) is 4.79 Å². The Balaban J connectivity index is 1.44. The third-order valence-electron chi connectivity index (χ3n) is 6.92. The Morgan fingerprint density at radius 3 is 2.28 bits per heavy atom. The number of esters is 1. The second-order valence-corrected chi connectivity index (χ2v) is 9.54. The quantitative estimate of drug-likeness (QED) is 0.340. The molecule has 8 heteroatoms. The Morgan fingerprint density at radius 2 is 1.69 bits per heavy atom. The number of ether oxygens (including phenoxy) is 2. The zero-order valence-corrected chi connectivity index (χ0v) is 21.0. The first-order valence-corrected chi connectivity index (χ1v) is 12.5. The highest BCUT2D eigenvalue weighted by Gasteiger charge is 2.38. The van der Waals surface area contributed by atoms with E-state index in [0.717, 1.165) is 42.4 Å². The highest BCUT2D eigenvalue weighted by Crippen LogP contribution is 2.37. The van der Waals surface area contributed by atoms with Crippen molar-refractivity contribution < 1.29 is 19.1 Å². The lowest BCUT2D eigenvalue weighted by molar-refractivity contribution is -0.150. The molecule has 1 unspecified atom stereocenters. The first kappa shape index (κ1) is 25.4. The number of nitrogens with one attached hydrogen (secondary N) is 2. The van der Waals surface area contributed by atoms with Gasteiger partial charge >= 0.3 is 12.1 Å². The summed E-state index contributed by atoms with van der Waals surface area (Å²) in [5, 5.41) is 10.5. The average Bonchev–Trinajstić information content (AvgIpc) is 3.31. The molecule has 1 aliphatic carbocycles. The Kier molecular flexibility index (Phi) is 8.03. The van der Waals surface area contributed by atoms with Gasteiger partial charge < -0.3 is 14.4 Å². The molecule has 0 saturated heterocycles. The summed E-state index contributed by atoms with van der Waals surface area (Å²) in [6.07, 6.45) is 7.79. The predicted molar refractivity (Wildman–Crippen MR) is 138 cm³/mol. The molecule has 0 spiro atoms. The molecule has 2 aromatic carbocycles. The van der Waals surface area contributed by atoms with Crippen molar-refractivity contribution >= 4 is 24.2 Å². The summed E-state index contributed by atoms with van der Waals surface area (Å²) in [6, 6.07) is 15.8. The summed E-state index contributed by atoms with van der Waals surface area (Å²) < 4.78 is 10.2. The van der Waals surface area contributed by atoms with Crippen LogP contribution in [0, 0.1) is 5.41 Å². The summed E-state index contributed by atoms with van der Waals surface area (Å²) in [5.74, 6) is -0.141. The van der Waals surface area contributed by atoms with Gasteiger partial charge in [-0.25, -0.2) is 4.79 Å². The van der Waals surface area contributed by atoms with Crippen LogP contribution in [0.1, 0.15) is 60.8 Å². The average molecular weight is 491 g/mol. The molecule has 1 heterocycles. The molecule has 2 N–H and O–H groups in total. The van der Waals surface area contributed by atoms with Crippen molar-refractivity contribution in [2.24, 2.45) is 4.99 Å². The standard InChI is InChI=1S/C28H34N4O4/c1-32-18-28(30-19-32,23-15-11-21(12-16-23)26(29)31-27(34)35-2)22-13-8-20(9-14-22)10-17-25(33)36-24-6-4-3-5-7-24/h8-9,11-16,19,24H,3-7,10,17-18H2,1-2H3,(H2,29,31,34). The molecule has 0 radical (unpaired) electrons. The number of hydrogen-bond acceptors (Lipinski definition) is 7. The fourth-order valence-electron chi connectivity index (χ4n) is 4.90. The van der Waals surface area contributed by atoms with E-state index in [1.165, 1.54) is 13.5 Å². The minimum absolute atomic E-state index is 0.0270. The van der Waals surface area contributed by atoms with Gasteiger partial charge in [-0.2, -0.15) is 0 Å². The molecular formula is C28H34N4O4. The van der Waals surface area contributed by atoms with Gasteiger partial charge in [0.15, 0.2) is 0 Å². The number of aryl methyl sites for hydroxylation is 1. The van der Waals surface area contributed by atoms with Crippen molar-refractivity contribution in [3.05, 3.63) is 70.8 Å². The molecule has 1 amide bonds. The third kappa shape index (κ3) is 5.93. The number of aliphatic imine (C=N–C) groups is 1.